The van der Waals surface area contributed by atoms with Gasteiger partial charge in [0.25, 0.3) is 11.4 Å². The number of hydrogen-bond acceptors (Lipinski definition) is 7. The van der Waals surface area contributed by atoms with Gasteiger partial charge >= 0.3 is 0 Å². The van der Waals surface area contributed by atoms with Gasteiger partial charge in [-0.05, 0) is 47.5 Å². The molecule has 0 aliphatic rings. The maximum absolute atomic E-state index is 11.8. The third kappa shape index (κ3) is 3.85. The van der Waals surface area contributed by atoms with Crippen LogP contribution in [0.5, 0.6) is 0 Å². The van der Waals surface area contributed by atoms with E-state index in [2.05, 4.69) is 19.5 Å². The first-order valence-electron chi connectivity index (χ1n) is 12.6. The molecule has 0 saturated heterocycles. The van der Waals surface area contributed by atoms with Gasteiger partial charge in [0.2, 0.25) is 0 Å². The molecule has 4 heterocycles. The lowest BCUT2D eigenvalue weighted by molar-refractivity contribution is -0.384. The lowest BCUT2D eigenvalue weighted by atomic mass is 10.0. The van der Waals surface area contributed by atoms with E-state index in [9.17, 15) is 20.2 Å². The number of hydrogen-bond donors (Lipinski definition) is 0. The van der Waals surface area contributed by atoms with Gasteiger partial charge in [0.15, 0.2) is 0 Å². The van der Waals surface area contributed by atoms with E-state index in [1.54, 1.807) is 6.20 Å². The van der Waals surface area contributed by atoms with Crippen LogP contribution in [0.1, 0.15) is 0 Å². The molecule has 0 spiro atoms. The van der Waals surface area contributed by atoms with Crippen molar-refractivity contribution < 1.29 is 9.85 Å². The molecule has 0 unspecified atom stereocenters. The quantitative estimate of drug-likeness (QED) is 0.166. The van der Waals surface area contributed by atoms with E-state index in [1.807, 2.05) is 66.7 Å². The highest BCUT2D eigenvalue weighted by molar-refractivity contribution is 6.12. The first-order chi connectivity index (χ1) is 20.0. The average molecular weight is 539 g/mol. The van der Waals surface area contributed by atoms with Crippen molar-refractivity contribution in [1.82, 2.24) is 19.5 Å². The minimum Gasteiger partial charge on any atom is -0.309 e. The van der Waals surface area contributed by atoms with Crippen molar-refractivity contribution in [3.8, 4) is 27.9 Å². The minimum atomic E-state index is -0.416. The van der Waals surface area contributed by atoms with E-state index in [1.165, 1.54) is 36.9 Å². The summed E-state index contributed by atoms with van der Waals surface area (Å²) in [5.41, 5.74) is 5.29. The van der Waals surface area contributed by atoms with Crippen molar-refractivity contribution in [2.75, 3.05) is 0 Å². The largest absolute Gasteiger partial charge is 0.309 e. The number of aromatic nitrogens is 4. The Kier molecular flexibility index (Phi) is 5.46. The molecule has 4 aromatic heterocycles. The van der Waals surface area contributed by atoms with Crippen molar-refractivity contribution in [3.63, 3.8) is 0 Å². The van der Waals surface area contributed by atoms with Crippen LogP contribution in [0, 0.1) is 20.2 Å². The minimum absolute atomic E-state index is 0.0393. The van der Waals surface area contributed by atoms with Crippen molar-refractivity contribution >= 4 is 44.1 Å². The Labute approximate surface area is 231 Å². The Balaban J connectivity index is 1.59. The third-order valence-electron chi connectivity index (χ3n) is 7.24. The summed E-state index contributed by atoms with van der Waals surface area (Å²) in [5.74, 6) is 0. The van der Waals surface area contributed by atoms with Gasteiger partial charge in [-0.3, -0.25) is 35.2 Å². The number of nitrogens with zero attached hydrogens (tertiary/aromatic N) is 6. The van der Waals surface area contributed by atoms with E-state index in [0.717, 1.165) is 38.4 Å². The molecule has 0 radical (unpaired) electrons. The molecular formula is C31H18N6O4. The second-order valence-electron chi connectivity index (χ2n) is 9.45. The monoisotopic (exact) mass is 538 g/mol. The Bertz CT molecular complexity index is 2070. The summed E-state index contributed by atoms with van der Waals surface area (Å²) in [6, 6.07) is 23.9. The van der Waals surface area contributed by atoms with Crippen LogP contribution in [-0.2, 0) is 0 Å². The highest BCUT2D eigenvalue weighted by Gasteiger charge is 2.21. The van der Waals surface area contributed by atoms with Crippen LogP contribution in [0.3, 0.4) is 0 Å². The predicted molar refractivity (Wildman–Crippen MR) is 156 cm³/mol. The van der Waals surface area contributed by atoms with Crippen LogP contribution in [-0.4, -0.2) is 29.4 Å². The zero-order valence-electron chi connectivity index (χ0n) is 21.2. The zero-order valence-corrected chi connectivity index (χ0v) is 21.2. The van der Waals surface area contributed by atoms with Crippen LogP contribution in [0.15, 0.2) is 110 Å². The highest BCUT2D eigenvalue weighted by Crippen LogP contribution is 2.40. The van der Waals surface area contributed by atoms with E-state index in [-0.39, 0.29) is 11.4 Å². The summed E-state index contributed by atoms with van der Waals surface area (Å²) in [7, 11) is 0. The molecule has 0 saturated carbocycles. The summed E-state index contributed by atoms with van der Waals surface area (Å²) in [6.07, 6.45) is 7.53. The maximum atomic E-state index is 11.8. The predicted octanol–water partition coefficient (Wildman–Crippen LogP) is 7.27. The van der Waals surface area contributed by atoms with Gasteiger partial charge in [0.05, 0.1) is 43.2 Å². The number of benzene rings is 3. The van der Waals surface area contributed by atoms with Crippen LogP contribution in [0.4, 0.5) is 11.4 Å². The van der Waals surface area contributed by atoms with Crippen molar-refractivity contribution in [1.29, 1.82) is 0 Å². The van der Waals surface area contributed by atoms with E-state index >= 15 is 0 Å². The van der Waals surface area contributed by atoms with Crippen LogP contribution in [0.2, 0.25) is 0 Å². The standard InChI is InChI=1S/C31H18N6O4/c38-36(39)28-10-13-32-17-24(28)19-6-8-21-22-9-7-20(25-18-33-14-11-29(25)37(40)41)16-31(22)35(30(21)15-19)27-5-1-4-26-23(27)3-2-12-34-26/h1-18H. The molecule has 0 aliphatic carbocycles. The van der Waals surface area contributed by atoms with Crippen molar-refractivity contribution in [2.45, 2.75) is 0 Å². The molecule has 0 amide bonds. The Morgan fingerprint density at radius 2 is 1.20 bits per heavy atom. The molecule has 0 N–H and O–H groups in total. The fourth-order valence-electron chi connectivity index (χ4n) is 5.43. The van der Waals surface area contributed by atoms with Gasteiger partial charge in [-0.1, -0.05) is 30.3 Å². The third-order valence-corrected chi connectivity index (χ3v) is 7.24. The van der Waals surface area contributed by atoms with Gasteiger partial charge < -0.3 is 4.57 Å². The number of fused-ring (bicyclic) bond motifs is 4. The summed E-state index contributed by atoms with van der Waals surface area (Å²) >= 11 is 0. The van der Waals surface area contributed by atoms with Gasteiger partial charge in [-0.2, -0.15) is 0 Å². The fraction of sp³-hybridized carbons (Fsp3) is 0. The summed E-state index contributed by atoms with van der Waals surface area (Å²) in [6.45, 7) is 0. The topological polar surface area (TPSA) is 130 Å². The Hall–Kier alpha value is -6.03. The molecule has 10 heteroatoms. The molecule has 7 aromatic rings. The second-order valence-corrected chi connectivity index (χ2v) is 9.45. The summed E-state index contributed by atoms with van der Waals surface area (Å²) < 4.78 is 2.08. The van der Waals surface area contributed by atoms with Gasteiger partial charge in [0.1, 0.15) is 0 Å². The molecule has 0 bridgehead atoms. The Morgan fingerprint density at radius 3 is 1.76 bits per heavy atom. The van der Waals surface area contributed by atoms with Crippen LogP contribution >= 0.6 is 0 Å². The smallest absolute Gasteiger partial charge is 0.280 e. The molecule has 0 fully saturated rings. The first kappa shape index (κ1) is 24.0. The SMILES string of the molecule is O=[N+]([O-])c1ccncc1-c1ccc2c3ccc(-c4cnccc4[N+](=O)[O-])cc3n(-c3cccc4ncccc34)c2c1. The molecule has 0 atom stereocenters. The first-order valence-corrected chi connectivity index (χ1v) is 12.6. The van der Waals surface area contributed by atoms with Gasteiger partial charge in [-0.25, -0.2) is 0 Å². The van der Waals surface area contributed by atoms with Gasteiger partial charge in [0, 0.05) is 59.3 Å². The lowest BCUT2D eigenvalue weighted by Gasteiger charge is -2.12. The van der Waals surface area contributed by atoms with Crippen LogP contribution < -0.4 is 0 Å². The number of rotatable bonds is 5. The molecule has 10 nitrogen and oxygen atoms in total. The van der Waals surface area contributed by atoms with E-state index in [4.69, 9.17) is 0 Å². The Morgan fingerprint density at radius 1 is 0.610 bits per heavy atom. The highest BCUT2D eigenvalue weighted by atomic mass is 16.6. The number of pyridine rings is 3. The normalized spacial score (nSPS) is 11.3. The molecule has 0 aliphatic heterocycles. The molecule has 7 rings (SSSR count). The fourth-order valence-corrected chi connectivity index (χ4v) is 5.43. The molecule has 196 valence electrons. The van der Waals surface area contributed by atoms with E-state index < -0.39 is 9.85 Å². The second kappa shape index (κ2) is 9.31. The van der Waals surface area contributed by atoms with E-state index in [0.29, 0.717) is 22.3 Å². The number of nitro groups is 2. The molecule has 3 aromatic carbocycles. The van der Waals surface area contributed by atoms with Gasteiger partial charge in [-0.15, -0.1) is 0 Å². The molecular weight excluding hydrogens is 520 g/mol. The zero-order chi connectivity index (χ0) is 28.1. The lowest BCUT2D eigenvalue weighted by Crippen LogP contribution is -1.97. The van der Waals surface area contributed by atoms with Crippen molar-refractivity contribution in [2.24, 2.45) is 0 Å². The molecule has 41 heavy (non-hydrogen) atoms. The van der Waals surface area contributed by atoms with Crippen molar-refractivity contribution in [3.05, 3.63) is 130 Å². The average Bonchev–Trinajstić information content (AvgIpc) is 3.33. The maximum Gasteiger partial charge on any atom is 0.280 e. The summed E-state index contributed by atoms with van der Waals surface area (Å²) in [5, 5.41) is 26.3. The summed E-state index contributed by atoms with van der Waals surface area (Å²) in [4.78, 5) is 35.6. The van der Waals surface area contributed by atoms with Crippen LogP contribution in [0.25, 0.3) is 60.6 Å².